The predicted molar refractivity (Wildman–Crippen MR) is 67.6 cm³/mol. The smallest absolute Gasteiger partial charge is 0.376 e. The highest BCUT2D eigenvalue weighted by molar-refractivity contribution is 6.30. The van der Waals surface area contributed by atoms with Crippen molar-refractivity contribution in [2.45, 2.75) is 13.8 Å². The van der Waals surface area contributed by atoms with Crippen LogP contribution in [0.2, 0.25) is 5.02 Å². The summed E-state index contributed by atoms with van der Waals surface area (Å²) in [6, 6.07) is 4.16. The first-order valence-electron chi connectivity index (χ1n) is 5.63. The molecule has 0 saturated heterocycles. The Morgan fingerprint density at radius 3 is 2.89 bits per heavy atom. The first-order valence-corrected chi connectivity index (χ1v) is 6.00. The molecule has 0 spiro atoms. The number of halogens is 2. The summed E-state index contributed by atoms with van der Waals surface area (Å²) >= 11 is 5.60. The molecule has 0 unspecified atom stereocenters. The van der Waals surface area contributed by atoms with Crippen LogP contribution in [0.5, 0.6) is 0 Å². The van der Waals surface area contributed by atoms with Gasteiger partial charge in [0.05, 0.1) is 17.3 Å². The van der Waals surface area contributed by atoms with Gasteiger partial charge in [0, 0.05) is 5.56 Å². The highest BCUT2D eigenvalue weighted by Crippen LogP contribution is 2.25. The van der Waals surface area contributed by atoms with Gasteiger partial charge in [-0.15, -0.1) is 0 Å². The number of rotatable bonds is 3. The predicted octanol–water partition coefficient (Wildman–Crippen LogP) is 3.62. The van der Waals surface area contributed by atoms with E-state index in [0.717, 1.165) is 0 Å². The fourth-order valence-electron chi connectivity index (χ4n) is 1.54. The molecule has 6 heteroatoms. The molecule has 0 fully saturated rings. The maximum absolute atomic E-state index is 13.4. The van der Waals surface area contributed by atoms with Crippen LogP contribution in [0.25, 0.3) is 11.5 Å². The Balaban J connectivity index is 2.38. The molecular weight excluding hydrogens is 273 g/mol. The molecular formula is C13H11ClFNO3. The lowest BCUT2D eigenvalue weighted by Crippen LogP contribution is -2.04. The Bertz CT molecular complexity index is 624. The molecule has 0 aliphatic carbocycles. The quantitative estimate of drug-likeness (QED) is 0.807. The number of hydrogen-bond donors (Lipinski definition) is 0. The van der Waals surface area contributed by atoms with Gasteiger partial charge in [0.25, 0.3) is 0 Å². The van der Waals surface area contributed by atoms with Crippen LogP contribution in [0.1, 0.15) is 23.2 Å². The van der Waals surface area contributed by atoms with Gasteiger partial charge < -0.3 is 9.15 Å². The first-order chi connectivity index (χ1) is 9.02. The van der Waals surface area contributed by atoms with E-state index in [1.165, 1.54) is 12.1 Å². The van der Waals surface area contributed by atoms with Gasteiger partial charge in [0.1, 0.15) is 5.82 Å². The van der Waals surface area contributed by atoms with Crippen molar-refractivity contribution in [1.29, 1.82) is 0 Å². The number of esters is 1. The lowest BCUT2D eigenvalue weighted by Gasteiger charge is -1.98. The average Bonchev–Trinajstić information content (AvgIpc) is 2.75. The standard InChI is InChI=1S/C13H11ClFNO3/c1-3-18-13(17)11-7(2)16-12(19-11)8-4-5-9(14)10(15)6-8/h4-6H,3H2,1-2H3. The van der Waals surface area contributed by atoms with Gasteiger partial charge in [-0.25, -0.2) is 14.2 Å². The van der Waals surface area contributed by atoms with Gasteiger partial charge in [0.15, 0.2) is 0 Å². The summed E-state index contributed by atoms with van der Waals surface area (Å²) in [6.07, 6.45) is 0. The van der Waals surface area contributed by atoms with Crippen molar-refractivity contribution in [3.63, 3.8) is 0 Å². The maximum atomic E-state index is 13.4. The summed E-state index contributed by atoms with van der Waals surface area (Å²) in [5.41, 5.74) is 0.796. The minimum atomic E-state index is -0.590. The number of nitrogens with zero attached hydrogens (tertiary/aromatic N) is 1. The molecule has 2 rings (SSSR count). The molecule has 0 N–H and O–H groups in total. The van der Waals surface area contributed by atoms with Crippen LogP contribution in [-0.2, 0) is 4.74 Å². The van der Waals surface area contributed by atoms with Crippen molar-refractivity contribution in [3.8, 4) is 11.5 Å². The Hall–Kier alpha value is -1.88. The largest absolute Gasteiger partial charge is 0.460 e. The average molecular weight is 284 g/mol. The molecule has 19 heavy (non-hydrogen) atoms. The van der Waals surface area contributed by atoms with E-state index in [1.54, 1.807) is 19.9 Å². The van der Waals surface area contributed by atoms with Gasteiger partial charge in [-0.3, -0.25) is 0 Å². The molecule has 0 amide bonds. The summed E-state index contributed by atoms with van der Waals surface area (Å²) in [7, 11) is 0. The number of benzene rings is 1. The number of aryl methyl sites for hydroxylation is 1. The second kappa shape index (κ2) is 5.40. The van der Waals surface area contributed by atoms with Crippen LogP contribution in [-0.4, -0.2) is 17.6 Å². The van der Waals surface area contributed by atoms with E-state index in [4.69, 9.17) is 20.8 Å². The Morgan fingerprint density at radius 1 is 1.53 bits per heavy atom. The summed E-state index contributed by atoms with van der Waals surface area (Å²) in [6.45, 7) is 3.55. The van der Waals surface area contributed by atoms with E-state index in [9.17, 15) is 9.18 Å². The van der Waals surface area contributed by atoms with Crippen LogP contribution in [0.15, 0.2) is 22.6 Å². The highest BCUT2D eigenvalue weighted by Gasteiger charge is 2.19. The fourth-order valence-corrected chi connectivity index (χ4v) is 1.65. The molecule has 1 heterocycles. The lowest BCUT2D eigenvalue weighted by atomic mass is 10.2. The van der Waals surface area contributed by atoms with Crippen LogP contribution in [0.3, 0.4) is 0 Å². The van der Waals surface area contributed by atoms with E-state index in [2.05, 4.69) is 4.98 Å². The van der Waals surface area contributed by atoms with Crippen LogP contribution < -0.4 is 0 Å². The number of hydrogen-bond acceptors (Lipinski definition) is 4. The molecule has 1 aromatic carbocycles. The number of oxazole rings is 1. The molecule has 0 bridgehead atoms. The molecule has 0 saturated carbocycles. The first kappa shape index (κ1) is 13.5. The lowest BCUT2D eigenvalue weighted by molar-refractivity contribution is 0.0490. The third-order valence-electron chi connectivity index (χ3n) is 2.42. The minimum absolute atomic E-state index is 0.0117. The van der Waals surface area contributed by atoms with Crippen molar-refractivity contribution in [2.75, 3.05) is 6.61 Å². The van der Waals surface area contributed by atoms with Crippen molar-refractivity contribution in [1.82, 2.24) is 4.98 Å². The summed E-state index contributed by atoms with van der Waals surface area (Å²) in [4.78, 5) is 15.7. The zero-order valence-electron chi connectivity index (χ0n) is 10.4. The summed E-state index contributed by atoms with van der Waals surface area (Å²) in [5.74, 6) is -0.996. The van der Waals surface area contributed by atoms with Gasteiger partial charge in [0.2, 0.25) is 11.7 Å². The Labute approximate surface area is 114 Å². The van der Waals surface area contributed by atoms with E-state index < -0.39 is 11.8 Å². The van der Waals surface area contributed by atoms with Crippen molar-refractivity contribution < 1.29 is 18.3 Å². The molecule has 0 aliphatic rings. The van der Waals surface area contributed by atoms with E-state index in [0.29, 0.717) is 11.3 Å². The number of carbonyl (C=O) groups is 1. The monoisotopic (exact) mass is 283 g/mol. The van der Waals surface area contributed by atoms with Gasteiger partial charge in [-0.1, -0.05) is 11.6 Å². The minimum Gasteiger partial charge on any atom is -0.460 e. The third-order valence-corrected chi connectivity index (χ3v) is 2.73. The zero-order chi connectivity index (χ0) is 14.0. The molecule has 100 valence electrons. The summed E-state index contributed by atoms with van der Waals surface area (Å²) < 4.78 is 23.5. The fraction of sp³-hybridized carbons (Fsp3) is 0.231. The van der Waals surface area contributed by atoms with E-state index in [1.807, 2.05) is 0 Å². The molecule has 4 nitrogen and oxygen atoms in total. The molecule has 1 aromatic heterocycles. The molecule has 0 aliphatic heterocycles. The SMILES string of the molecule is CCOC(=O)c1oc(-c2ccc(Cl)c(F)c2)nc1C. The van der Waals surface area contributed by atoms with Gasteiger partial charge >= 0.3 is 5.97 Å². The number of ether oxygens (including phenoxy) is 1. The zero-order valence-corrected chi connectivity index (χ0v) is 11.1. The van der Waals surface area contributed by atoms with E-state index >= 15 is 0 Å². The second-order valence-corrected chi connectivity index (χ2v) is 4.19. The van der Waals surface area contributed by atoms with Gasteiger partial charge in [-0.2, -0.15) is 0 Å². The van der Waals surface area contributed by atoms with Gasteiger partial charge in [-0.05, 0) is 32.0 Å². The van der Waals surface area contributed by atoms with Crippen LogP contribution in [0, 0.1) is 12.7 Å². The van der Waals surface area contributed by atoms with Crippen molar-refractivity contribution in [2.24, 2.45) is 0 Å². The summed E-state index contributed by atoms with van der Waals surface area (Å²) in [5, 5.41) is 0.0117. The second-order valence-electron chi connectivity index (χ2n) is 3.78. The van der Waals surface area contributed by atoms with Crippen molar-refractivity contribution in [3.05, 3.63) is 40.5 Å². The van der Waals surface area contributed by atoms with E-state index in [-0.39, 0.29) is 23.3 Å². The highest BCUT2D eigenvalue weighted by atomic mass is 35.5. The maximum Gasteiger partial charge on any atom is 0.376 e. The third kappa shape index (κ3) is 2.76. The molecule has 0 atom stereocenters. The number of aromatic nitrogens is 1. The molecule has 0 radical (unpaired) electrons. The normalized spacial score (nSPS) is 10.5. The Kier molecular flexibility index (Phi) is 3.85. The topological polar surface area (TPSA) is 52.3 Å². The molecule has 2 aromatic rings. The van der Waals surface area contributed by atoms with Crippen LogP contribution >= 0.6 is 11.6 Å². The Morgan fingerprint density at radius 2 is 2.26 bits per heavy atom. The van der Waals surface area contributed by atoms with Crippen LogP contribution in [0.4, 0.5) is 4.39 Å². The van der Waals surface area contributed by atoms with Crippen molar-refractivity contribution >= 4 is 17.6 Å². The number of carbonyl (C=O) groups excluding carboxylic acids is 1.